The summed E-state index contributed by atoms with van der Waals surface area (Å²) >= 11 is 0. The van der Waals surface area contributed by atoms with Gasteiger partial charge in [-0.25, -0.2) is 0 Å². The van der Waals surface area contributed by atoms with Crippen LogP contribution in [0.5, 0.6) is 5.75 Å². The van der Waals surface area contributed by atoms with Crippen molar-refractivity contribution in [3.05, 3.63) is 59.9 Å². The molecule has 28 heavy (non-hydrogen) atoms. The van der Waals surface area contributed by atoms with Gasteiger partial charge < -0.3 is 9.47 Å². The summed E-state index contributed by atoms with van der Waals surface area (Å²) in [5.74, 6) is 1.71. The molecule has 2 fully saturated rings. The van der Waals surface area contributed by atoms with Crippen molar-refractivity contribution in [2.75, 3.05) is 13.1 Å². The maximum Gasteiger partial charge on any atom is 0.130 e. The topological polar surface area (TPSA) is 34.6 Å². The van der Waals surface area contributed by atoms with Crippen LogP contribution in [0.1, 0.15) is 50.3 Å². The molecule has 2 heterocycles. The van der Waals surface area contributed by atoms with Crippen LogP contribution in [-0.2, 0) is 17.9 Å². The molecule has 2 aliphatic rings. The summed E-state index contributed by atoms with van der Waals surface area (Å²) < 4.78 is 12.4. The molecule has 0 radical (unpaired) electrons. The van der Waals surface area contributed by atoms with Gasteiger partial charge in [-0.15, -0.1) is 0 Å². The zero-order chi connectivity index (χ0) is 19.2. The number of rotatable bonds is 9. The van der Waals surface area contributed by atoms with Crippen LogP contribution in [-0.4, -0.2) is 35.2 Å². The Labute approximate surface area is 168 Å². The number of hydrogen-bond acceptors (Lipinski definition) is 4. The molecular weight excluding hydrogens is 348 g/mol. The SMILES string of the molecule is CCCC[C@@H]1CN(Cc2cccc(OCc3ccccn3)c2)C[C@H](C2CC2)O1. The van der Waals surface area contributed by atoms with E-state index in [9.17, 15) is 0 Å². The van der Waals surface area contributed by atoms with Crippen molar-refractivity contribution in [2.24, 2.45) is 5.92 Å². The first-order chi connectivity index (χ1) is 13.8. The number of hydrogen-bond donors (Lipinski definition) is 0. The smallest absolute Gasteiger partial charge is 0.130 e. The minimum Gasteiger partial charge on any atom is -0.487 e. The molecule has 1 aliphatic heterocycles. The van der Waals surface area contributed by atoms with Gasteiger partial charge >= 0.3 is 0 Å². The fourth-order valence-corrected chi connectivity index (χ4v) is 4.03. The lowest BCUT2D eigenvalue weighted by Gasteiger charge is -2.38. The van der Waals surface area contributed by atoms with Gasteiger partial charge in [0.05, 0.1) is 17.9 Å². The second-order valence-electron chi connectivity index (χ2n) is 8.23. The van der Waals surface area contributed by atoms with Crippen LogP contribution in [0.2, 0.25) is 0 Å². The van der Waals surface area contributed by atoms with Gasteiger partial charge in [-0.05, 0) is 55.0 Å². The molecule has 0 unspecified atom stereocenters. The van der Waals surface area contributed by atoms with Crippen LogP contribution >= 0.6 is 0 Å². The molecule has 2 aromatic rings. The summed E-state index contributed by atoms with van der Waals surface area (Å²) in [6.07, 6.45) is 8.99. The molecule has 0 amide bonds. The molecule has 1 aromatic carbocycles. The summed E-state index contributed by atoms with van der Waals surface area (Å²) in [7, 11) is 0. The molecule has 150 valence electrons. The van der Waals surface area contributed by atoms with Gasteiger partial charge in [0.25, 0.3) is 0 Å². The number of pyridine rings is 1. The molecule has 1 saturated heterocycles. The highest BCUT2D eigenvalue weighted by molar-refractivity contribution is 5.28. The highest BCUT2D eigenvalue weighted by Gasteiger charge is 2.38. The van der Waals surface area contributed by atoms with Crippen LogP contribution in [0.25, 0.3) is 0 Å². The Bertz CT molecular complexity index is 732. The van der Waals surface area contributed by atoms with Crippen molar-refractivity contribution in [3.8, 4) is 5.75 Å². The lowest BCUT2D eigenvalue weighted by Crippen LogP contribution is -2.48. The quantitative estimate of drug-likeness (QED) is 0.624. The number of benzene rings is 1. The molecule has 1 saturated carbocycles. The summed E-state index contributed by atoms with van der Waals surface area (Å²) in [6.45, 7) is 5.84. The molecule has 1 aromatic heterocycles. The van der Waals surface area contributed by atoms with E-state index in [4.69, 9.17) is 9.47 Å². The van der Waals surface area contributed by atoms with E-state index in [2.05, 4.69) is 35.0 Å². The average molecular weight is 381 g/mol. The Hall–Kier alpha value is -1.91. The molecule has 4 nitrogen and oxygen atoms in total. The zero-order valence-corrected chi connectivity index (χ0v) is 16.9. The van der Waals surface area contributed by atoms with E-state index in [1.165, 1.54) is 37.7 Å². The van der Waals surface area contributed by atoms with Crippen molar-refractivity contribution < 1.29 is 9.47 Å². The first-order valence-electron chi connectivity index (χ1n) is 10.8. The van der Waals surface area contributed by atoms with Crippen LogP contribution in [0.3, 0.4) is 0 Å². The average Bonchev–Trinajstić information content (AvgIpc) is 3.57. The molecule has 4 heteroatoms. The summed E-state index contributed by atoms with van der Waals surface area (Å²) in [5, 5.41) is 0. The Morgan fingerprint density at radius 1 is 1.14 bits per heavy atom. The third-order valence-corrected chi connectivity index (χ3v) is 5.71. The Kier molecular flexibility index (Phi) is 6.61. The number of aromatic nitrogens is 1. The molecule has 1 aliphatic carbocycles. The summed E-state index contributed by atoms with van der Waals surface area (Å²) in [6, 6.07) is 14.4. The zero-order valence-electron chi connectivity index (χ0n) is 16.9. The van der Waals surface area contributed by atoms with Gasteiger partial charge in [0, 0.05) is 25.8 Å². The Balaban J connectivity index is 1.35. The second kappa shape index (κ2) is 9.53. The third kappa shape index (κ3) is 5.55. The van der Waals surface area contributed by atoms with Crippen LogP contribution < -0.4 is 4.74 Å². The predicted molar refractivity (Wildman–Crippen MR) is 111 cm³/mol. The fourth-order valence-electron chi connectivity index (χ4n) is 4.03. The second-order valence-corrected chi connectivity index (χ2v) is 8.23. The van der Waals surface area contributed by atoms with Crippen LogP contribution in [0.15, 0.2) is 48.7 Å². The molecular formula is C24H32N2O2. The number of unbranched alkanes of at least 4 members (excludes halogenated alkanes) is 1. The largest absolute Gasteiger partial charge is 0.487 e. The standard InChI is InChI=1S/C24H32N2O2/c1-2-3-9-23-16-26(17-24(28-23)20-11-12-20)15-19-7-6-10-22(14-19)27-18-21-8-4-5-13-25-21/h4-8,10,13-14,20,23-24H,2-3,9,11-12,15-18H2,1H3/t23-,24-/m1/s1. The van der Waals surface area contributed by atoms with Gasteiger partial charge in [-0.1, -0.05) is 38.0 Å². The minimum atomic E-state index is 0.392. The van der Waals surface area contributed by atoms with Crippen LogP contribution in [0, 0.1) is 5.92 Å². The van der Waals surface area contributed by atoms with E-state index in [-0.39, 0.29) is 0 Å². The number of morpholine rings is 1. The van der Waals surface area contributed by atoms with E-state index in [0.29, 0.717) is 18.8 Å². The van der Waals surface area contributed by atoms with Gasteiger partial charge in [-0.2, -0.15) is 0 Å². The first-order valence-corrected chi connectivity index (χ1v) is 10.8. The predicted octanol–water partition coefficient (Wildman–Crippen LogP) is 4.83. The van der Waals surface area contributed by atoms with Crippen molar-refractivity contribution in [2.45, 2.75) is 64.4 Å². The van der Waals surface area contributed by atoms with Gasteiger partial charge in [-0.3, -0.25) is 9.88 Å². The highest BCUT2D eigenvalue weighted by Crippen LogP contribution is 2.37. The maximum absolute atomic E-state index is 6.42. The third-order valence-electron chi connectivity index (χ3n) is 5.71. The van der Waals surface area contributed by atoms with E-state index in [1.807, 2.05) is 24.3 Å². The van der Waals surface area contributed by atoms with Gasteiger partial charge in [0.2, 0.25) is 0 Å². The van der Waals surface area contributed by atoms with Crippen molar-refractivity contribution in [1.29, 1.82) is 0 Å². The molecule has 0 N–H and O–H groups in total. The minimum absolute atomic E-state index is 0.392. The lowest BCUT2D eigenvalue weighted by molar-refractivity contribution is -0.0993. The summed E-state index contributed by atoms with van der Waals surface area (Å²) in [4.78, 5) is 6.91. The van der Waals surface area contributed by atoms with E-state index >= 15 is 0 Å². The Morgan fingerprint density at radius 2 is 2.07 bits per heavy atom. The molecule has 2 atom stereocenters. The van der Waals surface area contributed by atoms with E-state index < -0.39 is 0 Å². The fraction of sp³-hybridized carbons (Fsp3) is 0.542. The summed E-state index contributed by atoms with van der Waals surface area (Å²) in [5.41, 5.74) is 2.26. The highest BCUT2D eigenvalue weighted by atomic mass is 16.5. The van der Waals surface area contributed by atoms with Crippen LogP contribution in [0.4, 0.5) is 0 Å². The van der Waals surface area contributed by atoms with E-state index in [0.717, 1.165) is 37.0 Å². The van der Waals surface area contributed by atoms with E-state index in [1.54, 1.807) is 6.20 Å². The van der Waals surface area contributed by atoms with Crippen molar-refractivity contribution in [1.82, 2.24) is 9.88 Å². The van der Waals surface area contributed by atoms with Gasteiger partial charge in [0.1, 0.15) is 12.4 Å². The Morgan fingerprint density at radius 3 is 2.86 bits per heavy atom. The molecule has 0 bridgehead atoms. The van der Waals surface area contributed by atoms with Crippen molar-refractivity contribution in [3.63, 3.8) is 0 Å². The monoisotopic (exact) mass is 380 g/mol. The molecule has 4 rings (SSSR count). The number of ether oxygens (including phenoxy) is 2. The molecule has 0 spiro atoms. The number of nitrogens with zero attached hydrogens (tertiary/aromatic N) is 2. The normalized spacial score (nSPS) is 22.9. The van der Waals surface area contributed by atoms with Crippen molar-refractivity contribution >= 4 is 0 Å². The lowest BCUT2D eigenvalue weighted by atomic mass is 10.1. The first kappa shape index (κ1) is 19.4. The van der Waals surface area contributed by atoms with Gasteiger partial charge in [0.15, 0.2) is 0 Å². The maximum atomic E-state index is 6.42.